The number of aliphatic hydroxyl groups is 1. The molecule has 0 aromatic carbocycles. The minimum absolute atomic E-state index is 0.243. The Hall–Kier alpha value is -0.160. The van der Waals surface area contributed by atoms with Gasteiger partial charge in [0.15, 0.2) is 6.29 Å². The lowest BCUT2D eigenvalue weighted by Crippen LogP contribution is -2.42. The van der Waals surface area contributed by atoms with Crippen LogP contribution in [-0.2, 0) is 9.47 Å². The van der Waals surface area contributed by atoms with E-state index < -0.39 is 5.60 Å². The number of nitrogens with one attached hydrogen (secondary N) is 1. The van der Waals surface area contributed by atoms with Gasteiger partial charge >= 0.3 is 0 Å². The van der Waals surface area contributed by atoms with E-state index in [4.69, 9.17) is 9.47 Å². The van der Waals surface area contributed by atoms with Gasteiger partial charge in [-0.15, -0.1) is 0 Å². The first-order valence-electron chi connectivity index (χ1n) is 5.10. The summed E-state index contributed by atoms with van der Waals surface area (Å²) < 4.78 is 10.0. The summed E-state index contributed by atoms with van der Waals surface area (Å²) in [5.41, 5.74) is -0.605. The third-order valence-electron chi connectivity index (χ3n) is 2.61. The normalized spacial score (nSPS) is 12.4. The molecule has 0 bridgehead atoms. The van der Waals surface area contributed by atoms with Gasteiger partial charge in [-0.05, 0) is 12.8 Å². The van der Waals surface area contributed by atoms with E-state index >= 15 is 0 Å². The van der Waals surface area contributed by atoms with Crippen molar-refractivity contribution in [2.24, 2.45) is 0 Å². The number of ether oxygens (including phenoxy) is 2. The lowest BCUT2D eigenvalue weighted by molar-refractivity contribution is -0.101. The Labute approximate surface area is 86.6 Å². The fourth-order valence-electron chi connectivity index (χ4n) is 1.19. The van der Waals surface area contributed by atoms with Crippen molar-refractivity contribution in [1.29, 1.82) is 0 Å². The molecule has 0 unspecified atom stereocenters. The predicted octanol–water partition coefficient (Wildman–Crippen LogP) is 0.746. The molecule has 0 radical (unpaired) electrons. The zero-order valence-electron chi connectivity index (χ0n) is 9.67. The lowest BCUT2D eigenvalue weighted by Gasteiger charge is -2.26. The maximum absolute atomic E-state index is 9.94. The van der Waals surface area contributed by atoms with Crippen LogP contribution in [0.3, 0.4) is 0 Å². The molecular formula is C10H23NO3. The Morgan fingerprint density at radius 1 is 1.21 bits per heavy atom. The Morgan fingerprint density at radius 3 is 2.07 bits per heavy atom. The van der Waals surface area contributed by atoms with Gasteiger partial charge in [0, 0.05) is 27.3 Å². The maximum atomic E-state index is 9.94. The molecule has 0 aromatic heterocycles. The highest BCUT2D eigenvalue weighted by molar-refractivity contribution is 4.77. The van der Waals surface area contributed by atoms with Crippen molar-refractivity contribution < 1.29 is 14.6 Å². The molecular weight excluding hydrogens is 182 g/mol. The zero-order chi connectivity index (χ0) is 11.0. The molecule has 0 rings (SSSR count). The van der Waals surface area contributed by atoms with Crippen LogP contribution in [0.1, 0.15) is 26.7 Å². The Bertz CT molecular complexity index is 133. The molecule has 2 N–H and O–H groups in total. The van der Waals surface area contributed by atoms with Crippen LogP contribution in [0.25, 0.3) is 0 Å². The van der Waals surface area contributed by atoms with E-state index in [9.17, 15) is 5.11 Å². The fourth-order valence-corrected chi connectivity index (χ4v) is 1.19. The van der Waals surface area contributed by atoms with Gasteiger partial charge in [-0.2, -0.15) is 0 Å². The summed E-state index contributed by atoms with van der Waals surface area (Å²) in [5.74, 6) is 0. The van der Waals surface area contributed by atoms with Crippen LogP contribution in [0.2, 0.25) is 0 Å². The molecule has 4 heteroatoms. The molecule has 0 heterocycles. The fraction of sp³-hybridized carbons (Fsp3) is 1.00. The SMILES string of the molecule is CCC(O)(CC)CNCC(OC)OC. The van der Waals surface area contributed by atoms with Gasteiger partial charge < -0.3 is 19.9 Å². The van der Waals surface area contributed by atoms with Crippen LogP contribution < -0.4 is 5.32 Å². The summed E-state index contributed by atoms with van der Waals surface area (Å²) in [4.78, 5) is 0. The van der Waals surface area contributed by atoms with Crippen LogP contribution >= 0.6 is 0 Å². The van der Waals surface area contributed by atoms with Gasteiger partial charge in [-0.25, -0.2) is 0 Å². The highest BCUT2D eigenvalue weighted by Crippen LogP contribution is 2.12. The average Bonchev–Trinajstić information content (AvgIpc) is 2.24. The average molecular weight is 205 g/mol. The van der Waals surface area contributed by atoms with E-state index in [1.165, 1.54) is 0 Å². The molecule has 0 amide bonds. The van der Waals surface area contributed by atoms with Gasteiger partial charge in [0.25, 0.3) is 0 Å². The molecule has 0 aliphatic rings. The van der Waals surface area contributed by atoms with Crippen LogP contribution in [0.5, 0.6) is 0 Å². The van der Waals surface area contributed by atoms with Crippen molar-refractivity contribution >= 4 is 0 Å². The molecule has 14 heavy (non-hydrogen) atoms. The van der Waals surface area contributed by atoms with Gasteiger partial charge in [0.1, 0.15) is 0 Å². The Kier molecular flexibility index (Phi) is 7.09. The van der Waals surface area contributed by atoms with Gasteiger partial charge in [-0.1, -0.05) is 13.8 Å². The smallest absolute Gasteiger partial charge is 0.169 e. The largest absolute Gasteiger partial charge is 0.389 e. The van der Waals surface area contributed by atoms with Crippen molar-refractivity contribution in [3.05, 3.63) is 0 Å². The van der Waals surface area contributed by atoms with E-state index in [0.29, 0.717) is 13.1 Å². The Morgan fingerprint density at radius 2 is 1.71 bits per heavy atom. The third kappa shape index (κ3) is 4.91. The standard InChI is InChI=1S/C10H23NO3/c1-5-10(12,6-2)8-11-7-9(13-3)14-4/h9,11-12H,5-8H2,1-4H3. The zero-order valence-corrected chi connectivity index (χ0v) is 9.67. The summed E-state index contributed by atoms with van der Waals surface area (Å²) in [6.45, 7) is 5.13. The molecule has 0 atom stereocenters. The van der Waals surface area contributed by atoms with Crippen LogP contribution in [0.4, 0.5) is 0 Å². The third-order valence-corrected chi connectivity index (χ3v) is 2.61. The van der Waals surface area contributed by atoms with Gasteiger partial charge in [-0.3, -0.25) is 0 Å². The molecule has 0 aliphatic heterocycles. The van der Waals surface area contributed by atoms with E-state index in [1.54, 1.807) is 14.2 Å². The van der Waals surface area contributed by atoms with Crippen LogP contribution in [-0.4, -0.2) is 44.3 Å². The first kappa shape index (κ1) is 13.8. The number of hydrogen-bond acceptors (Lipinski definition) is 4. The van der Waals surface area contributed by atoms with Crippen molar-refractivity contribution in [3.63, 3.8) is 0 Å². The first-order chi connectivity index (χ1) is 6.61. The van der Waals surface area contributed by atoms with Crippen molar-refractivity contribution in [3.8, 4) is 0 Å². The summed E-state index contributed by atoms with van der Waals surface area (Å²) in [6, 6.07) is 0. The van der Waals surface area contributed by atoms with E-state index in [-0.39, 0.29) is 6.29 Å². The van der Waals surface area contributed by atoms with Crippen LogP contribution in [0, 0.1) is 0 Å². The second-order valence-electron chi connectivity index (χ2n) is 3.46. The molecule has 86 valence electrons. The second-order valence-corrected chi connectivity index (χ2v) is 3.46. The summed E-state index contributed by atoms with van der Waals surface area (Å²) in [6.07, 6.45) is 1.26. The monoisotopic (exact) mass is 205 g/mol. The van der Waals surface area contributed by atoms with Gasteiger partial charge in [0.2, 0.25) is 0 Å². The molecule has 0 saturated carbocycles. The second kappa shape index (κ2) is 7.17. The number of methoxy groups -OCH3 is 2. The molecule has 0 aromatic rings. The summed E-state index contributed by atoms with van der Waals surface area (Å²) in [7, 11) is 3.20. The predicted molar refractivity (Wildman–Crippen MR) is 56.2 cm³/mol. The van der Waals surface area contributed by atoms with Gasteiger partial charge in [0.05, 0.1) is 5.60 Å². The Balaban J connectivity index is 3.70. The highest BCUT2D eigenvalue weighted by Gasteiger charge is 2.21. The molecule has 0 saturated heterocycles. The minimum atomic E-state index is -0.605. The lowest BCUT2D eigenvalue weighted by atomic mass is 9.98. The molecule has 0 fully saturated rings. The summed E-state index contributed by atoms with van der Waals surface area (Å²) >= 11 is 0. The maximum Gasteiger partial charge on any atom is 0.169 e. The van der Waals surface area contributed by atoms with Crippen LogP contribution in [0.15, 0.2) is 0 Å². The van der Waals surface area contributed by atoms with E-state index in [0.717, 1.165) is 12.8 Å². The highest BCUT2D eigenvalue weighted by atomic mass is 16.7. The molecule has 4 nitrogen and oxygen atoms in total. The quantitative estimate of drug-likeness (QED) is 0.574. The summed E-state index contributed by atoms with van der Waals surface area (Å²) in [5, 5.41) is 13.1. The molecule has 0 spiro atoms. The topological polar surface area (TPSA) is 50.7 Å². The minimum Gasteiger partial charge on any atom is -0.389 e. The first-order valence-corrected chi connectivity index (χ1v) is 5.10. The van der Waals surface area contributed by atoms with Crippen molar-refractivity contribution in [1.82, 2.24) is 5.32 Å². The number of rotatable bonds is 8. The van der Waals surface area contributed by atoms with Crippen molar-refractivity contribution in [2.45, 2.75) is 38.6 Å². The molecule has 0 aliphatic carbocycles. The number of hydrogen-bond donors (Lipinski definition) is 2. The van der Waals surface area contributed by atoms with Crippen molar-refractivity contribution in [2.75, 3.05) is 27.3 Å². The van der Waals surface area contributed by atoms with E-state index in [2.05, 4.69) is 5.32 Å². The van der Waals surface area contributed by atoms with E-state index in [1.807, 2.05) is 13.8 Å².